The van der Waals surface area contributed by atoms with Crippen LogP contribution in [0.3, 0.4) is 0 Å². The molecule has 21 heavy (non-hydrogen) atoms. The van der Waals surface area contributed by atoms with E-state index in [1.807, 2.05) is 0 Å². The SMILES string of the molecule is CS(=O)(=O)c1ccc(CNc2ncccc2C(N)=S)cc1. The number of hydrogen-bond acceptors (Lipinski definition) is 5. The molecule has 1 heterocycles. The van der Waals surface area contributed by atoms with Crippen LogP contribution in [0.25, 0.3) is 0 Å². The lowest BCUT2D eigenvalue weighted by Crippen LogP contribution is -2.14. The normalized spacial score (nSPS) is 11.1. The van der Waals surface area contributed by atoms with Crippen molar-refractivity contribution in [2.24, 2.45) is 5.73 Å². The molecule has 0 saturated heterocycles. The lowest BCUT2D eigenvalue weighted by molar-refractivity contribution is 0.602. The number of nitrogens with two attached hydrogens (primary N) is 1. The third-order valence-electron chi connectivity index (χ3n) is 2.88. The summed E-state index contributed by atoms with van der Waals surface area (Å²) < 4.78 is 22.8. The van der Waals surface area contributed by atoms with Crippen LogP contribution in [0.4, 0.5) is 5.82 Å². The molecule has 5 nitrogen and oxygen atoms in total. The lowest BCUT2D eigenvalue weighted by Gasteiger charge is -2.10. The Bertz CT molecular complexity index is 756. The van der Waals surface area contributed by atoms with Crippen molar-refractivity contribution >= 4 is 32.9 Å². The Balaban J connectivity index is 2.12. The number of rotatable bonds is 5. The molecule has 0 aliphatic heterocycles. The van der Waals surface area contributed by atoms with Gasteiger partial charge < -0.3 is 11.1 Å². The highest BCUT2D eigenvalue weighted by Gasteiger charge is 2.07. The smallest absolute Gasteiger partial charge is 0.175 e. The molecule has 0 aliphatic rings. The van der Waals surface area contributed by atoms with Crippen molar-refractivity contribution in [3.05, 3.63) is 53.7 Å². The summed E-state index contributed by atoms with van der Waals surface area (Å²) in [7, 11) is -3.17. The first kappa shape index (κ1) is 15.4. The second kappa shape index (κ2) is 6.19. The van der Waals surface area contributed by atoms with E-state index in [4.69, 9.17) is 18.0 Å². The number of thiocarbonyl (C=S) groups is 1. The zero-order valence-corrected chi connectivity index (χ0v) is 13.0. The van der Waals surface area contributed by atoms with E-state index in [1.54, 1.807) is 42.6 Å². The molecule has 0 radical (unpaired) electrons. The van der Waals surface area contributed by atoms with Crippen LogP contribution in [0.5, 0.6) is 0 Å². The third kappa shape index (κ3) is 3.99. The summed E-state index contributed by atoms with van der Waals surface area (Å²) in [5, 5.41) is 3.14. The summed E-state index contributed by atoms with van der Waals surface area (Å²) in [6, 6.07) is 10.2. The average Bonchev–Trinajstić information content (AvgIpc) is 2.45. The number of sulfone groups is 1. The monoisotopic (exact) mass is 321 g/mol. The zero-order chi connectivity index (χ0) is 15.5. The Hall–Kier alpha value is -1.99. The molecule has 3 N–H and O–H groups in total. The van der Waals surface area contributed by atoms with Gasteiger partial charge >= 0.3 is 0 Å². The summed E-state index contributed by atoms with van der Waals surface area (Å²) in [6.07, 6.45) is 2.83. The highest BCUT2D eigenvalue weighted by atomic mass is 32.2. The predicted octanol–water partition coefficient (Wildman–Crippen LogP) is 1.73. The van der Waals surface area contributed by atoms with Gasteiger partial charge in [0.25, 0.3) is 0 Å². The van der Waals surface area contributed by atoms with Gasteiger partial charge in [-0.25, -0.2) is 13.4 Å². The van der Waals surface area contributed by atoms with Gasteiger partial charge in [0.05, 0.1) is 10.5 Å². The lowest BCUT2D eigenvalue weighted by atomic mass is 10.2. The van der Waals surface area contributed by atoms with E-state index in [0.29, 0.717) is 22.8 Å². The highest BCUT2D eigenvalue weighted by Crippen LogP contribution is 2.14. The van der Waals surface area contributed by atoms with Crippen LogP contribution >= 0.6 is 12.2 Å². The van der Waals surface area contributed by atoms with E-state index in [-0.39, 0.29) is 4.99 Å². The van der Waals surface area contributed by atoms with Crippen molar-refractivity contribution in [2.75, 3.05) is 11.6 Å². The van der Waals surface area contributed by atoms with Crippen LogP contribution in [0.15, 0.2) is 47.5 Å². The standard InChI is InChI=1S/C14H15N3O2S2/c1-21(18,19)11-6-4-10(5-7-11)9-17-14-12(13(15)20)3-2-8-16-14/h2-8H,9H2,1H3,(H2,15,20)(H,16,17). The molecular weight excluding hydrogens is 306 g/mol. The van der Waals surface area contributed by atoms with E-state index in [9.17, 15) is 8.42 Å². The Labute approximate surface area is 129 Å². The molecular formula is C14H15N3O2S2. The molecule has 0 unspecified atom stereocenters. The van der Waals surface area contributed by atoms with Crippen molar-refractivity contribution < 1.29 is 8.42 Å². The largest absolute Gasteiger partial charge is 0.389 e. The van der Waals surface area contributed by atoms with Gasteiger partial charge in [-0.1, -0.05) is 24.4 Å². The van der Waals surface area contributed by atoms with Gasteiger partial charge in [-0.05, 0) is 29.8 Å². The Morgan fingerprint density at radius 2 is 1.95 bits per heavy atom. The molecule has 0 spiro atoms. The Morgan fingerprint density at radius 1 is 1.29 bits per heavy atom. The Kier molecular flexibility index (Phi) is 4.54. The first-order chi connectivity index (χ1) is 9.88. The average molecular weight is 321 g/mol. The Morgan fingerprint density at radius 3 is 2.52 bits per heavy atom. The highest BCUT2D eigenvalue weighted by molar-refractivity contribution is 7.90. The maximum absolute atomic E-state index is 11.4. The zero-order valence-electron chi connectivity index (χ0n) is 11.4. The predicted molar refractivity (Wildman–Crippen MR) is 87.0 cm³/mol. The summed E-state index contributed by atoms with van der Waals surface area (Å²) in [4.78, 5) is 4.77. The summed E-state index contributed by atoms with van der Waals surface area (Å²) >= 11 is 4.97. The molecule has 2 aromatic rings. The quantitative estimate of drug-likeness (QED) is 0.816. The van der Waals surface area contributed by atoms with Crippen LogP contribution in [-0.4, -0.2) is 24.6 Å². The minimum absolute atomic E-state index is 0.276. The van der Waals surface area contributed by atoms with Crippen molar-refractivity contribution in [1.82, 2.24) is 4.98 Å². The number of pyridine rings is 1. The second-order valence-electron chi connectivity index (χ2n) is 4.53. The number of hydrogen-bond donors (Lipinski definition) is 2. The van der Waals surface area contributed by atoms with Crippen LogP contribution < -0.4 is 11.1 Å². The van der Waals surface area contributed by atoms with Gasteiger partial charge in [0.2, 0.25) is 0 Å². The van der Waals surface area contributed by atoms with Crippen LogP contribution in [0, 0.1) is 0 Å². The fourth-order valence-electron chi connectivity index (χ4n) is 1.79. The molecule has 1 aromatic heterocycles. The van der Waals surface area contributed by atoms with Crippen molar-refractivity contribution in [3.63, 3.8) is 0 Å². The summed E-state index contributed by atoms with van der Waals surface area (Å²) in [5.74, 6) is 0.609. The molecule has 2 rings (SSSR count). The van der Waals surface area contributed by atoms with Gasteiger partial charge in [0.1, 0.15) is 10.8 Å². The third-order valence-corrected chi connectivity index (χ3v) is 4.23. The summed E-state index contributed by atoms with van der Waals surface area (Å²) in [5.41, 5.74) is 7.25. The minimum Gasteiger partial charge on any atom is -0.389 e. The molecule has 0 saturated carbocycles. The molecule has 0 amide bonds. The molecule has 1 aromatic carbocycles. The fourth-order valence-corrected chi connectivity index (χ4v) is 2.58. The van der Waals surface area contributed by atoms with E-state index < -0.39 is 9.84 Å². The second-order valence-corrected chi connectivity index (χ2v) is 6.99. The maximum atomic E-state index is 11.4. The van der Waals surface area contributed by atoms with E-state index in [0.717, 1.165) is 5.56 Å². The molecule has 0 bridgehead atoms. The first-order valence-electron chi connectivity index (χ1n) is 6.15. The van der Waals surface area contributed by atoms with Gasteiger partial charge in [-0.2, -0.15) is 0 Å². The molecule has 0 atom stereocenters. The van der Waals surface area contributed by atoms with Crippen molar-refractivity contribution in [3.8, 4) is 0 Å². The topological polar surface area (TPSA) is 85.1 Å². The van der Waals surface area contributed by atoms with Gasteiger partial charge in [0.15, 0.2) is 9.84 Å². The minimum atomic E-state index is -3.17. The van der Waals surface area contributed by atoms with Gasteiger partial charge in [-0.3, -0.25) is 0 Å². The van der Waals surface area contributed by atoms with Gasteiger partial charge in [0, 0.05) is 19.0 Å². The number of nitrogens with one attached hydrogen (secondary N) is 1. The number of benzene rings is 1. The van der Waals surface area contributed by atoms with E-state index in [2.05, 4.69) is 10.3 Å². The van der Waals surface area contributed by atoms with Crippen molar-refractivity contribution in [2.45, 2.75) is 11.4 Å². The van der Waals surface area contributed by atoms with Gasteiger partial charge in [-0.15, -0.1) is 0 Å². The number of aromatic nitrogens is 1. The summed E-state index contributed by atoms with van der Waals surface area (Å²) in [6.45, 7) is 0.497. The van der Waals surface area contributed by atoms with Crippen LogP contribution in [0.1, 0.15) is 11.1 Å². The van der Waals surface area contributed by atoms with Crippen molar-refractivity contribution in [1.29, 1.82) is 0 Å². The number of nitrogens with zero attached hydrogens (tertiary/aromatic N) is 1. The maximum Gasteiger partial charge on any atom is 0.175 e. The van der Waals surface area contributed by atoms with Crippen LogP contribution in [0.2, 0.25) is 0 Å². The first-order valence-corrected chi connectivity index (χ1v) is 8.45. The van der Waals surface area contributed by atoms with E-state index in [1.165, 1.54) is 6.26 Å². The van der Waals surface area contributed by atoms with Crippen LogP contribution in [-0.2, 0) is 16.4 Å². The van der Waals surface area contributed by atoms with E-state index >= 15 is 0 Å². The molecule has 7 heteroatoms. The molecule has 0 fully saturated rings. The molecule has 110 valence electrons. The number of anilines is 1. The fraction of sp³-hybridized carbons (Fsp3) is 0.143. The molecule has 0 aliphatic carbocycles.